The molecule has 0 aromatic heterocycles. The molecule has 3 heterocycles. The number of hydrogen-bond acceptors (Lipinski definition) is 10. The second-order valence-electron chi connectivity index (χ2n) is 7.48. The topological polar surface area (TPSA) is 108 Å². The van der Waals surface area contributed by atoms with E-state index >= 15 is 0 Å². The molecule has 0 aromatic rings. The molecule has 0 radical (unpaired) electrons. The van der Waals surface area contributed by atoms with E-state index in [1.165, 1.54) is 13.8 Å². The lowest BCUT2D eigenvalue weighted by atomic mass is 10.1. The van der Waals surface area contributed by atoms with Crippen molar-refractivity contribution in [3.8, 4) is 0 Å². The van der Waals surface area contributed by atoms with Gasteiger partial charge in [-0.2, -0.15) is 0 Å². The molecule has 7 atom stereocenters. The van der Waals surface area contributed by atoms with Crippen molar-refractivity contribution < 1.29 is 47.5 Å². The van der Waals surface area contributed by atoms with Crippen molar-refractivity contribution in [2.45, 2.75) is 76.6 Å². The van der Waals surface area contributed by atoms with E-state index in [0.29, 0.717) is 0 Å². The minimum atomic E-state index is -0.735. The Kier molecular flexibility index (Phi) is 6.92. The van der Waals surface area contributed by atoms with E-state index in [-0.39, 0.29) is 25.4 Å². The third-order valence-corrected chi connectivity index (χ3v) is 4.65. The SMILES string of the molecule is CO[C@@H]1O[C@H](CO[C@@H]2C=C[C@@H](OC(C)=O)[C@@H](COC(C)=O)O2)[C@H]2OC(C)(C)O[C@@H]12. The summed E-state index contributed by atoms with van der Waals surface area (Å²) in [6.07, 6.45) is -0.473. The molecule has 0 spiro atoms. The van der Waals surface area contributed by atoms with Gasteiger partial charge in [-0.1, -0.05) is 0 Å². The number of fused-ring (bicyclic) bond motifs is 1. The molecule has 0 amide bonds. The van der Waals surface area contributed by atoms with Gasteiger partial charge in [-0.3, -0.25) is 9.59 Å². The molecule has 10 nitrogen and oxygen atoms in total. The second kappa shape index (κ2) is 9.07. The summed E-state index contributed by atoms with van der Waals surface area (Å²) in [5, 5.41) is 0. The zero-order chi connectivity index (χ0) is 21.2. The van der Waals surface area contributed by atoms with Crippen molar-refractivity contribution in [1.29, 1.82) is 0 Å². The van der Waals surface area contributed by atoms with Gasteiger partial charge in [0.1, 0.15) is 37.1 Å². The number of ether oxygens (including phenoxy) is 8. The first kappa shape index (κ1) is 22.1. The molecule has 0 aliphatic carbocycles. The molecule has 0 saturated carbocycles. The van der Waals surface area contributed by atoms with Gasteiger partial charge in [0, 0.05) is 21.0 Å². The Morgan fingerprint density at radius 3 is 2.34 bits per heavy atom. The average Bonchev–Trinajstić information content (AvgIpc) is 3.12. The van der Waals surface area contributed by atoms with Crippen molar-refractivity contribution in [2.24, 2.45) is 0 Å². The van der Waals surface area contributed by atoms with Gasteiger partial charge >= 0.3 is 11.9 Å². The fraction of sp³-hybridized carbons (Fsp3) is 0.789. The van der Waals surface area contributed by atoms with E-state index in [4.69, 9.17) is 37.9 Å². The zero-order valence-corrected chi connectivity index (χ0v) is 17.2. The molecule has 164 valence electrons. The molecular weight excluding hydrogens is 388 g/mol. The number of hydrogen-bond donors (Lipinski definition) is 0. The summed E-state index contributed by atoms with van der Waals surface area (Å²) in [4.78, 5) is 22.4. The van der Waals surface area contributed by atoms with Crippen LogP contribution in [0.4, 0.5) is 0 Å². The highest BCUT2D eigenvalue weighted by Crippen LogP contribution is 2.39. The smallest absolute Gasteiger partial charge is 0.303 e. The molecule has 0 aromatic carbocycles. The molecular formula is C19H28O10. The average molecular weight is 416 g/mol. The summed E-state index contributed by atoms with van der Waals surface area (Å²) in [7, 11) is 1.54. The lowest BCUT2D eigenvalue weighted by molar-refractivity contribution is -0.243. The van der Waals surface area contributed by atoms with Gasteiger partial charge in [0.25, 0.3) is 0 Å². The number of esters is 2. The van der Waals surface area contributed by atoms with Gasteiger partial charge in [-0.15, -0.1) is 0 Å². The molecule has 29 heavy (non-hydrogen) atoms. The Bertz CT molecular complexity index is 632. The van der Waals surface area contributed by atoms with Crippen LogP contribution in [0, 0.1) is 0 Å². The Hall–Kier alpha value is -1.56. The molecule has 0 N–H and O–H groups in total. The third-order valence-electron chi connectivity index (χ3n) is 4.65. The van der Waals surface area contributed by atoms with Crippen LogP contribution in [-0.4, -0.2) is 81.1 Å². The fourth-order valence-corrected chi connectivity index (χ4v) is 3.51. The monoisotopic (exact) mass is 416 g/mol. The first-order chi connectivity index (χ1) is 13.7. The van der Waals surface area contributed by atoms with E-state index in [2.05, 4.69) is 0 Å². The normalized spacial score (nSPS) is 37.9. The van der Waals surface area contributed by atoms with Crippen molar-refractivity contribution in [3.63, 3.8) is 0 Å². The largest absolute Gasteiger partial charge is 0.463 e. The predicted octanol–water partition coefficient (Wildman–Crippen LogP) is 0.670. The highest BCUT2D eigenvalue weighted by atomic mass is 16.8. The molecule has 2 fully saturated rings. The molecule has 3 rings (SSSR count). The van der Waals surface area contributed by atoms with Crippen LogP contribution in [0.25, 0.3) is 0 Å². The third kappa shape index (κ3) is 5.53. The molecule has 0 bridgehead atoms. The van der Waals surface area contributed by atoms with E-state index < -0.39 is 48.6 Å². The van der Waals surface area contributed by atoms with Crippen molar-refractivity contribution in [2.75, 3.05) is 20.3 Å². The van der Waals surface area contributed by atoms with Gasteiger partial charge in [0.2, 0.25) is 0 Å². The highest BCUT2D eigenvalue weighted by molar-refractivity contribution is 5.66. The van der Waals surface area contributed by atoms with Gasteiger partial charge < -0.3 is 37.9 Å². The second-order valence-corrected chi connectivity index (χ2v) is 7.48. The van der Waals surface area contributed by atoms with Gasteiger partial charge in [0.15, 0.2) is 18.4 Å². The van der Waals surface area contributed by atoms with E-state index in [9.17, 15) is 9.59 Å². The molecule has 3 aliphatic heterocycles. The van der Waals surface area contributed by atoms with Crippen LogP contribution < -0.4 is 0 Å². The van der Waals surface area contributed by atoms with Crippen LogP contribution in [0.5, 0.6) is 0 Å². The van der Waals surface area contributed by atoms with Crippen molar-refractivity contribution >= 4 is 11.9 Å². The van der Waals surface area contributed by atoms with Crippen LogP contribution in [0.2, 0.25) is 0 Å². The van der Waals surface area contributed by atoms with Gasteiger partial charge in [0.05, 0.1) is 6.61 Å². The molecule has 2 saturated heterocycles. The summed E-state index contributed by atoms with van der Waals surface area (Å²) < 4.78 is 44.8. The van der Waals surface area contributed by atoms with Crippen LogP contribution in [-0.2, 0) is 47.5 Å². The maximum absolute atomic E-state index is 11.3. The van der Waals surface area contributed by atoms with Crippen LogP contribution in [0.1, 0.15) is 27.7 Å². The predicted molar refractivity (Wildman–Crippen MR) is 95.4 cm³/mol. The molecule has 10 heteroatoms. The lowest BCUT2D eigenvalue weighted by Gasteiger charge is -2.32. The Labute approximate surface area is 169 Å². The number of methoxy groups -OCH3 is 1. The quantitative estimate of drug-likeness (QED) is 0.434. The van der Waals surface area contributed by atoms with Crippen LogP contribution >= 0.6 is 0 Å². The Balaban J connectivity index is 1.58. The van der Waals surface area contributed by atoms with Crippen molar-refractivity contribution in [3.05, 3.63) is 12.2 Å². The first-order valence-corrected chi connectivity index (χ1v) is 9.48. The van der Waals surface area contributed by atoms with Gasteiger partial charge in [-0.25, -0.2) is 0 Å². The summed E-state index contributed by atoms with van der Waals surface area (Å²) in [6.45, 7) is 6.34. The summed E-state index contributed by atoms with van der Waals surface area (Å²) in [5.74, 6) is -1.66. The van der Waals surface area contributed by atoms with Gasteiger partial charge in [-0.05, 0) is 26.0 Å². The lowest BCUT2D eigenvalue weighted by Crippen LogP contribution is -2.43. The van der Waals surface area contributed by atoms with E-state index in [1.807, 2.05) is 13.8 Å². The summed E-state index contributed by atoms with van der Waals surface area (Å²) in [6, 6.07) is 0. The maximum atomic E-state index is 11.3. The van der Waals surface area contributed by atoms with Crippen LogP contribution in [0.15, 0.2) is 12.2 Å². The fourth-order valence-electron chi connectivity index (χ4n) is 3.51. The Morgan fingerprint density at radius 1 is 0.966 bits per heavy atom. The summed E-state index contributed by atoms with van der Waals surface area (Å²) >= 11 is 0. The van der Waals surface area contributed by atoms with Crippen LogP contribution in [0.3, 0.4) is 0 Å². The number of carbonyl (C=O) groups is 2. The highest BCUT2D eigenvalue weighted by Gasteiger charge is 2.55. The van der Waals surface area contributed by atoms with E-state index in [1.54, 1.807) is 19.3 Å². The minimum absolute atomic E-state index is 0.0704. The molecule has 0 unspecified atom stereocenters. The minimum Gasteiger partial charge on any atom is -0.463 e. The van der Waals surface area contributed by atoms with E-state index in [0.717, 1.165) is 0 Å². The molecule has 3 aliphatic rings. The zero-order valence-electron chi connectivity index (χ0n) is 17.2. The summed E-state index contributed by atoms with van der Waals surface area (Å²) in [5.41, 5.74) is 0. The first-order valence-electron chi connectivity index (χ1n) is 9.48. The number of carbonyl (C=O) groups excluding carboxylic acids is 2. The Morgan fingerprint density at radius 2 is 1.69 bits per heavy atom. The standard InChI is InChI=1S/C19H28O10/c1-10(20)23-8-13-12(25-11(2)21)6-7-15(26-13)24-9-14-16-17(18(22-5)27-14)29-19(3,4)28-16/h6-7,12-18H,8-9H2,1-5H3/t12-,13-,14-,15+,16-,17-,18-/m1/s1. The number of rotatable bonds is 7. The maximum Gasteiger partial charge on any atom is 0.303 e. The van der Waals surface area contributed by atoms with Crippen molar-refractivity contribution in [1.82, 2.24) is 0 Å².